The number of carbonyl (C=O) groups is 12. The number of allylic oxidation sites excluding steroid dienone is 2. The number of unbranched alkanes of at least 4 members (excludes halogenated alkanes) is 1. The number of carbonyl (C=O) groups excluding carboxylic acids is 12. The van der Waals surface area contributed by atoms with E-state index in [0.29, 0.717) is 19.4 Å². The number of hydrogen-bond donors (Lipinski definition) is 6. The molecule has 27 nitrogen and oxygen atoms in total. The minimum Gasteiger partial charge on any atom is -0.450 e. The molecule has 0 bridgehead atoms. The Morgan fingerprint density at radius 1 is 0.505 bits per heavy atom. The minimum atomic E-state index is -1.66. The van der Waals surface area contributed by atoms with Crippen LogP contribution in [0.1, 0.15) is 170 Å². The van der Waals surface area contributed by atoms with E-state index in [9.17, 15) is 38.7 Å². The molecule has 1 saturated heterocycles. The van der Waals surface area contributed by atoms with Gasteiger partial charge in [0, 0.05) is 62.5 Å². The first kappa shape index (κ1) is 86.1. The highest BCUT2D eigenvalue weighted by Crippen LogP contribution is 2.26. The molecule has 0 aromatic rings. The smallest absolute Gasteiger partial charge is 0.407 e. The van der Waals surface area contributed by atoms with Crippen LogP contribution >= 0.6 is 0 Å². The molecule has 544 valence electrons. The van der Waals surface area contributed by atoms with Crippen LogP contribution in [0.5, 0.6) is 0 Å². The van der Waals surface area contributed by atoms with Crippen LogP contribution in [-0.4, -0.2) is 258 Å². The van der Waals surface area contributed by atoms with Gasteiger partial charge in [0.05, 0.1) is 18.8 Å². The summed E-state index contributed by atoms with van der Waals surface area (Å²) in [6, 6.07) is -14.5. The molecule has 12 amide bonds. The molecule has 1 fully saturated rings. The van der Waals surface area contributed by atoms with E-state index in [1.54, 1.807) is 74.5 Å². The summed E-state index contributed by atoms with van der Waals surface area (Å²) < 4.78 is 11.4. The maximum atomic E-state index is 15.3. The molecule has 1 heterocycles. The summed E-state index contributed by atoms with van der Waals surface area (Å²) in [6.07, 6.45) is 1.72. The van der Waals surface area contributed by atoms with Gasteiger partial charge in [-0.25, -0.2) is 4.79 Å². The van der Waals surface area contributed by atoms with Crippen molar-refractivity contribution in [2.45, 2.75) is 248 Å². The van der Waals surface area contributed by atoms with Crippen molar-refractivity contribution in [1.29, 1.82) is 0 Å². The molecule has 0 spiro atoms. The summed E-state index contributed by atoms with van der Waals surface area (Å²) in [4.78, 5) is 183. The van der Waals surface area contributed by atoms with Crippen LogP contribution in [0, 0.1) is 35.5 Å². The van der Waals surface area contributed by atoms with Crippen LogP contribution in [0.2, 0.25) is 0 Å². The number of nitrogens with one attached hydrogen (secondary N) is 5. The van der Waals surface area contributed by atoms with Gasteiger partial charge < -0.3 is 75.5 Å². The van der Waals surface area contributed by atoms with Crippen molar-refractivity contribution in [3.63, 3.8) is 0 Å². The predicted octanol–water partition coefficient (Wildman–Crippen LogP) is 3.54. The average Bonchev–Trinajstić information content (AvgIpc) is 0.847. The summed E-state index contributed by atoms with van der Waals surface area (Å²) >= 11 is 0. The molecule has 6 N–H and O–H groups in total. The SMILES string of the molecule is C/C=C/C[C@@H](C)[C@@H](O)[C@H]1C(=O)N[C@@H](CC)C(=O)N(C)[C@H](C)C(=O)N(C)[C@@H]([C@@H](C)OCCCCOC(=O)NCC)C(=O)N[C@@H](C(C)C)C(=O)N(C)[C@@H](CC(C)C)C(=O)N[C@@H](C)C(=O)N[C@H](C)C(=O)N(C)[C@@H](CC(C)C)C(=O)N(C)[C@@H](CC(C)C)C(=O)N(C)[C@@H](C(C)C)C(=O)N1C. The quantitative estimate of drug-likeness (QED) is 0.0707. The van der Waals surface area contributed by atoms with Gasteiger partial charge in [0.1, 0.15) is 66.5 Å². The molecule has 0 unspecified atom stereocenters. The number of alkyl carbamates (subject to hydrolysis) is 1. The molecular weight excluding hydrogens is 1220 g/mol. The van der Waals surface area contributed by atoms with Crippen molar-refractivity contribution in [2.75, 3.05) is 69.1 Å². The van der Waals surface area contributed by atoms with Crippen molar-refractivity contribution in [3.05, 3.63) is 12.2 Å². The fraction of sp³-hybridized carbons (Fsp3) is 0.794. The fourth-order valence-electron chi connectivity index (χ4n) is 11.6. The Labute approximate surface area is 567 Å². The van der Waals surface area contributed by atoms with Gasteiger partial charge in [-0.2, -0.15) is 0 Å². The van der Waals surface area contributed by atoms with E-state index in [2.05, 4.69) is 26.6 Å². The van der Waals surface area contributed by atoms with Gasteiger partial charge in [0.2, 0.25) is 65.0 Å². The second-order valence-electron chi connectivity index (χ2n) is 27.7. The summed E-state index contributed by atoms with van der Waals surface area (Å²) in [5.74, 6) is -10.5. The Balaban J connectivity index is 4.42. The van der Waals surface area contributed by atoms with E-state index >= 15 is 24.0 Å². The summed E-state index contributed by atoms with van der Waals surface area (Å²) in [6.45, 7) is 31.1. The molecular formula is C68H122N12O15. The first-order chi connectivity index (χ1) is 44.1. The number of aliphatic hydroxyl groups is 1. The molecule has 1 aliphatic heterocycles. The molecule has 0 radical (unpaired) electrons. The lowest BCUT2D eigenvalue weighted by Crippen LogP contribution is -2.64. The number of rotatable bonds is 21. The van der Waals surface area contributed by atoms with Crippen molar-refractivity contribution in [1.82, 2.24) is 60.9 Å². The van der Waals surface area contributed by atoms with Crippen LogP contribution in [0.4, 0.5) is 4.79 Å². The Bertz CT molecular complexity index is 2600. The standard InChI is InChI=1S/C68H122N12O15/c1-26-29-32-43(14)56(81)55-60(85)72-48(27-2)63(88)74(19)46(17)62(87)79(24)54(47(18)94-33-30-31-34-95-68(93)69-28-3)59(84)73-52(41(10)11)66(91)75(20)49(35-38(4)5)58(83)70-44(15)57(82)71-45(16)61(86)76(21)50(36-39(6)7)64(89)77(22)51(37-40(8)9)65(90)78(23)53(42(12)13)67(92)80(55)25/h26,29,38-56,81H,27-28,30-37H2,1-25H3,(H,69,93)(H,70,83)(H,71,82)(H,72,85)(H,73,84)/b29-26+/t43-,44+,45-,46-,47-,48+,49+,50+,51+,52+,53+,54+,55+,56-/m1/s1. The number of ether oxygens (including phenoxy) is 2. The zero-order chi connectivity index (χ0) is 73.4. The summed E-state index contributed by atoms with van der Waals surface area (Å²) in [7, 11) is 9.74. The third-order valence-electron chi connectivity index (χ3n) is 17.7. The molecule has 0 aromatic carbocycles. The van der Waals surface area contributed by atoms with Crippen LogP contribution in [-0.2, 0) is 62.2 Å². The lowest BCUT2D eigenvalue weighted by Gasteiger charge is -2.41. The van der Waals surface area contributed by atoms with Crippen LogP contribution in [0.15, 0.2) is 12.2 Å². The highest BCUT2D eigenvalue weighted by molar-refractivity contribution is 6.00. The highest BCUT2D eigenvalue weighted by Gasteiger charge is 2.46. The fourth-order valence-corrected chi connectivity index (χ4v) is 11.6. The summed E-state index contributed by atoms with van der Waals surface area (Å²) in [5.41, 5.74) is 0. The number of likely N-dealkylation sites (N-methyl/N-ethyl adjacent to an activating group) is 7. The zero-order valence-electron chi connectivity index (χ0n) is 62.0. The van der Waals surface area contributed by atoms with E-state index in [0.717, 1.165) is 14.7 Å². The van der Waals surface area contributed by atoms with Crippen LogP contribution in [0.3, 0.4) is 0 Å². The third kappa shape index (κ3) is 24.9. The van der Waals surface area contributed by atoms with E-state index in [4.69, 9.17) is 9.47 Å². The molecule has 0 saturated carbocycles. The minimum absolute atomic E-state index is 0.0341. The molecule has 1 aliphatic rings. The van der Waals surface area contributed by atoms with Crippen LogP contribution < -0.4 is 26.6 Å². The number of amides is 12. The molecule has 1 rings (SSSR count). The van der Waals surface area contributed by atoms with E-state index in [1.165, 1.54) is 89.7 Å². The highest BCUT2D eigenvalue weighted by atomic mass is 16.5. The monoisotopic (exact) mass is 1350 g/mol. The van der Waals surface area contributed by atoms with Gasteiger partial charge in [-0.1, -0.05) is 95.2 Å². The Hall–Kier alpha value is -6.90. The lowest BCUT2D eigenvalue weighted by molar-refractivity contribution is -0.157. The first-order valence-electron chi connectivity index (χ1n) is 34.0. The van der Waals surface area contributed by atoms with E-state index in [1.807, 2.05) is 41.5 Å². The molecule has 0 aliphatic carbocycles. The maximum absolute atomic E-state index is 15.3. The third-order valence-corrected chi connectivity index (χ3v) is 17.7. The Morgan fingerprint density at radius 3 is 1.46 bits per heavy atom. The van der Waals surface area contributed by atoms with Crippen molar-refractivity contribution < 1.29 is 72.1 Å². The second kappa shape index (κ2) is 40.6. The van der Waals surface area contributed by atoms with Gasteiger partial charge in [-0.15, -0.1) is 0 Å². The normalized spacial score (nSPS) is 26.3. The van der Waals surface area contributed by atoms with Gasteiger partial charge in [-0.05, 0) is 122 Å². The van der Waals surface area contributed by atoms with Gasteiger partial charge in [-0.3, -0.25) is 52.7 Å². The number of aliphatic hydroxyl groups excluding tert-OH is 1. The molecule has 27 heteroatoms. The molecule has 0 aromatic heterocycles. The second-order valence-corrected chi connectivity index (χ2v) is 27.7. The van der Waals surface area contributed by atoms with Gasteiger partial charge in [0.25, 0.3) is 0 Å². The van der Waals surface area contributed by atoms with Crippen molar-refractivity contribution in [2.24, 2.45) is 35.5 Å². The average molecular weight is 1350 g/mol. The predicted molar refractivity (Wildman–Crippen MR) is 363 cm³/mol. The zero-order valence-corrected chi connectivity index (χ0v) is 62.0. The first-order valence-corrected chi connectivity index (χ1v) is 34.0. The van der Waals surface area contributed by atoms with Crippen LogP contribution in [0.25, 0.3) is 0 Å². The van der Waals surface area contributed by atoms with Gasteiger partial charge in [0.15, 0.2) is 0 Å². The summed E-state index contributed by atoms with van der Waals surface area (Å²) in [5, 5.41) is 25.7. The van der Waals surface area contributed by atoms with E-state index in [-0.39, 0.29) is 63.1 Å². The maximum Gasteiger partial charge on any atom is 0.407 e. The molecule has 95 heavy (non-hydrogen) atoms. The Morgan fingerprint density at radius 2 is 0.968 bits per heavy atom. The van der Waals surface area contributed by atoms with Crippen molar-refractivity contribution >= 4 is 71.1 Å². The topological polar surface area (TPSA) is 326 Å². The van der Waals surface area contributed by atoms with Crippen molar-refractivity contribution in [3.8, 4) is 0 Å². The molecule has 14 atom stereocenters. The van der Waals surface area contributed by atoms with Gasteiger partial charge >= 0.3 is 6.09 Å². The lowest BCUT2D eigenvalue weighted by atomic mass is 9.91. The Kier molecular flexibility index (Phi) is 36.8. The largest absolute Gasteiger partial charge is 0.450 e. The number of nitrogens with zero attached hydrogens (tertiary/aromatic N) is 7. The van der Waals surface area contributed by atoms with E-state index < -0.39 is 167 Å². The number of hydrogen-bond acceptors (Lipinski definition) is 15.